The fourth-order valence-corrected chi connectivity index (χ4v) is 0.809. The lowest BCUT2D eigenvalue weighted by Crippen LogP contribution is -2.26. The smallest absolute Gasteiger partial charge is 0.341 e. The highest BCUT2D eigenvalue weighted by Gasteiger charge is 2.23. The van der Waals surface area contributed by atoms with Crippen molar-refractivity contribution in [1.82, 2.24) is 0 Å². The number of esters is 1. The van der Waals surface area contributed by atoms with Crippen molar-refractivity contribution in [3.63, 3.8) is 0 Å². The van der Waals surface area contributed by atoms with Crippen molar-refractivity contribution in [2.24, 2.45) is 0 Å². The van der Waals surface area contributed by atoms with Crippen molar-refractivity contribution in [3.8, 4) is 0 Å². The first kappa shape index (κ1) is 14.8. The van der Waals surface area contributed by atoms with Gasteiger partial charge in [0.05, 0.1) is 0 Å². The molecule has 0 saturated heterocycles. The number of hydrogen-bond acceptors (Lipinski definition) is 4. The molecule has 0 heterocycles. The van der Waals surface area contributed by atoms with Gasteiger partial charge in [-0.15, -0.1) is 0 Å². The molecule has 0 aliphatic carbocycles. The van der Waals surface area contributed by atoms with Crippen molar-refractivity contribution >= 4 is 5.97 Å². The van der Waals surface area contributed by atoms with Crippen molar-refractivity contribution in [2.45, 2.75) is 59.7 Å². The Morgan fingerprint density at radius 2 is 1.31 bits per heavy atom. The lowest BCUT2D eigenvalue weighted by Gasteiger charge is -2.23. The molecule has 0 fully saturated rings. The second-order valence-corrected chi connectivity index (χ2v) is 5.65. The zero-order valence-corrected chi connectivity index (χ0v) is 11.2. The quantitative estimate of drug-likeness (QED) is 0.450. The van der Waals surface area contributed by atoms with Gasteiger partial charge in [0.25, 0.3) is 5.95 Å². The van der Waals surface area contributed by atoms with Crippen LogP contribution in [0.3, 0.4) is 0 Å². The highest BCUT2D eigenvalue weighted by atomic mass is 16.6. The molecule has 0 spiro atoms. The van der Waals surface area contributed by atoms with Crippen LogP contribution in [0.4, 0.5) is 0 Å². The molecule has 0 aromatic rings. The molecule has 0 aromatic carbocycles. The molecule has 4 nitrogen and oxygen atoms in total. The van der Waals surface area contributed by atoms with E-state index in [-0.39, 0.29) is 11.5 Å². The van der Waals surface area contributed by atoms with E-state index in [1.54, 1.807) is 41.5 Å². The topological polar surface area (TPSA) is 55.8 Å². The second kappa shape index (κ2) is 4.76. The normalized spacial score (nSPS) is 14.2. The summed E-state index contributed by atoms with van der Waals surface area (Å²) in [6, 6.07) is 0. The molecule has 1 N–H and O–H groups in total. The maximum absolute atomic E-state index is 11.6. The van der Waals surface area contributed by atoms with Crippen LogP contribution >= 0.6 is 0 Å². The molecule has 0 aromatic heterocycles. The summed E-state index contributed by atoms with van der Waals surface area (Å²) in [7, 11) is 0. The molecule has 0 aliphatic heterocycles. The third-order valence-corrected chi connectivity index (χ3v) is 1.43. The summed E-state index contributed by atoms with van der Waals surface area (Å²) < 4.78 is 10.3. The standard InChI is InChI=1S/C12H22O4/c1-8(9(13)15-11(2,3)4)10(14)16-12(5,6)7/h13H,1-7H3/b9-8-. The van der Waals surface area contributed by atoms with Crippen LogP contribution in [0.5, 0.6) is 0 Å². The summed E-state index contributed by atoms with van der Waals surface area (Å²) in [5, 5.41) is 9.58. The zero-order valence-electron chi connectivity index (χ0n) is 11.2. The first-order chi connectivity index (χ1) is 6.92. The van der Waals surface area contributed by atoms with E-state index < -0.39 is 17.2 Å². The predicted molar refractivity (Wildman–Crippen MR) is 62.0 cm³/mol. The van der Waals surface area contributed by atoms with Crippen molar-refractivity contribution < 1.29 is 19.4 Å². The Hall–Kier alpha value is -1.19. The number of carbonyl (C=O) groups excluding carboxylic acids is 1. The average molecular weight is 230 g/mol. The molecule has 16 heavy (non-hydrogen) atoms. The molecule has 0 amide bonds. The van der Waals surface area contributed by atoms with Crippen LogP contribution in [-0.2, 0) is 14.3 Å². The number of aliphatic hydroxyl groups excluding tert-OH is 1. The Morgan fingerprint density at radius 3 is 1.62 bits per heavy atom. The molecule has 0 rings (SSSR count). The Balaban J connectivity index is 4.70. The first-order valence-corrected chi connectivity index (χ1v) is 5.24. The minimum atomic E-state index is -0.583. The first-order valence-electron chi connectivity index (χ1n) is 5.24. The maximum Gasteiger partial charge on any atom is 0.341 e. The SMILES string of the molecule is C/C(C(=O)OC(C)(C)C)=C(\O)OC(C)(C)C. The fourth-order valence-electron chi connectivity index (χ4n) is 0.809. The van der Waals surface area contributed by atoms with Gasteiger partial charge < -0.3 is 14.6 Å². The molecule has 0 bridgehead atoms. The third-order valence-electron chi connectivity index (χ3n) is 1.43. The molecule has 0 atom stereocenters. The van der Waals surface area contributed by atoms with E-state index in [2.05, 4.69) is 0 Å². The van der Waals surface area contributed by atoms with Crippen LogP contribution in [0.2, 0.25) is 0 Å². The molecular weight excluding hydrogens is 208 g/mol. The van der Waals surface area contributed by atoms with Crippen molar-refractivity contribution in [1.29, 1.82) is 0 Å². The molecule has 94 valence electrons. The Morgan fingerprint density at radius 1 is 0.938 bits per heavy atom. The van der Waals surface area contributed by atoms with Gasteiger partial charge in [-0.3, -0.25) is 0 Å². The highest BCUT2D eigenvalue weighted by Crippen LogP contribution is 2.17. The van der Waals surface area contributed by atoms with Crippen LogP contribution in [-0.4, -0.2) is 22.3 Å². The fraction of sp³-hybridized carbons (Fsp3) is 0.750. The van der Waals surface area contributed by atoms with Gasteiger partial charge in [0.15, 0.2) is 0 Å². The molecule has 0 saturated carbocycles. The third kappa shape index (κ3) is 6.32. The number of ether oxygens (including phenoxy) is 2. The second-order valence-electron chi connectivity index (χ2n) is 5.65. The molecule has 0 aliphatic rings. The van der Waals surface area contributed by atoms with E-state index >= 15 is 0 Å². The lowest BCUT2D eigenvalue weighted by atomic mass is 10.2. The van der Waals surface area contributed by atoms with Gasteiger partial charge in [0, 0.05) is 0 Å². The monoisotopic (exact) mass is 230 g/mol. The lowest BCUT2D eigenvalue weighted by molar-refractivity contribution is -0.150. The maximum atomic E-state index is 11.6. The summed E-state index contributed by atoms with van der Waals surface area (Å²) in [4.78, 5) is 11.6. The Kier molecular flexibility index (Phi) is 4.41. The zero-order chi connectivity index (χ0) is 13.1. The summed E-state index contributed by atoms with van der Waals surface area (Å²) >= 11 is 0. The summed E-state index contributed by atoms with van der Waals surface area (Å²) in [6.07, 6.45) is 0. The van der Waals surface area contributed by atoms with Crippen LogP contribution in [0.25, 0.3) is 0 Å². The minimum absolute atomic E-state index is 0.0739. The number of hydrogen-bond donors (Lipinski definition) is 1. The van der Waals surface area contributed by atoms with E-state index in [0.717, 1.165) is 0 Å². The number of carbonyl (C=O) groups is 1. The molecule has 0 unspecified atom stereocenters. The van der Waals surface area contributed by atoms with E-state index in [4.69, 9.17) is 9.47 Å². The highest BCUT2D eigenvalue weighted by molar-refractivity contribution is 5.88. The minimum Gasteiger partial charge on any atom is -0.481 e. The van der Waals surface area contributed by atoms with Crippen LogP contribution in [0.15, 0.2) is 11.5 Å². The predicted octanol–water partition coefficient (Wildman–Crippen LogP) is 2.93. The van der Waals surface area contributed by atoms with Gasteiger partial charge in [-0.05, 0) is 48.5 Å². The van der Waals surface area contributed by atoms with Crippen molar-refractivity contribution in [3.05, 3.63) is 11.5 Å². The number of rotatable bonds is 2. The van der Waals surface area contributed by atoms with Crippen LogP contribution in [0, 0.1) is 0 Å². The van der Waals surface area contributed by atoms with Crippen LogP contribution < -0.4 is 0 Å². The summed E-state index contributed by atoms with van der Waals surface area (Å²) in [5.41, 5.74) is -1.06. The van der Waals surface area contributed by atoms with Crippen LogP contribution in [0.1, 0.15) is 48.5 Å². The van der Waals surface area contributed by atoms with Gasteiger partial charge in [0.1, 0.15) is 16.8 Å². The molecule has 4 heteroatoms. The summed E-state index contributed by atoms with van der Waals surface area (Å²) in [6.45, 7) is 12.1. The summed E-state index contributed by atoms with van der Waals surface area (Å²) in [5.74, 6) is -0.962. The van der Waals surface area contributed by atoms with Gasteiger partial charge in [-0.2, -0.15) is 0 Å². The van der Waals surface area contributed by atoms with Crippen molar-refractivity contribution in [2.75, 3.05) is 0 Å². The van der Waals surface area contributed by atoms with E-state index in [1.807, 2.05) is 0 Å². The van der Waals surface area contributed by atoms with Gasteiger partial charge in [-0.25, -0.2) is 4.79 Å². The van der Waals surface area contributed by atoms with E-state index in [0.29, 0.717) is 0 Å². The van der Waals surface area contributed by atoms with E-state index in [9.17, 15) is 9.90 Å². The average Bonchev–Trinajstić information content (AvgIpc) is 1.96. The van der Waals surface area contributed by atoms with E-state index in [1.165, 1.54) is 6.92 Å². The van der Waals surface area contributed by atoms with Gasteiger partial charge in [-0.1, -0.05) is 0 Å². The number of aliphatic hydroxyl groups is 1. The molecular formula is C12H22O4. The van der Waals surface area contributed by atoms with Gasteiger partial charge >= 0.3 is 5.97 Å². The Labute approximate surface area is 97.2 Å². The Bertz CT molecular complexity index is 289. The largest absolute Gasteiger partial charge is 0.481 e. The molecule has 0 radical (unpaired) electrons. The van der Waals surface area contributed by atoms with Gasteiger partial charge in [0.2, 0.25) is 0 Å².